The van der Waals surface area contributed by atoms with Crippen LogP contribution in [-0.4, -0.2) is 17.6 Å². The Morgan fingerprint density at radius 3 is 1.40 bits per heavy atom. The Kier molecular flexibility index (Phi) is 7.97. The summed E-state index contributed by atoms with van der Waals surface area (Å²) in [6.45, 7) is 8.37. The van der Waals surface area contributed by atoms with E-state index in [0.29, 0.717) is 0 Å². The van der Waals surface area contributed by atoms with Gasteiger partial charge in [0.2, 0.25) is 0 Å². The van der Waals surface area contributed by atoms with E-state index >= 15 is 0 Å². The summed E-state index contributed by atoms with van der Waals surface area (Å²) < 4.78 is 30.6. The average molecular weight is 597 g/mol. The summed E-state index contributed by atoms with van der Waals surface area (Å²) in [5, 5.41) is 4.70. The molecule has 0 spiro atoms. The number of hydrogen-bond donors (Lipinski definition) is 0. The van der Waals surface area contributed by atoms with Gasteiger partial charge >= 0.3 is 0 Å². The molecule has 45 heavy (non-hydrogen) atoms. The molecule has 226 valence electrons. The number of nitrogens with zero attached hydrogens (tertiary/aromatic N) is 1. The van der Waals surface area contributed by atoms with Gasteiger partial charge in [0.05, 0.1) is 13.1 Å². The summed E-state index contributed by atoms with van der Waals surface area (Å²) >= 11 is 0. The molecule has 7 rings (SSSR count). The lowest BCUT2D eigenvalue weighted by Gasteiger charge is -2.39. The molecule has 0 unspecified atom stereocenters. The maximum absolute atomic E-state index is 14.9. The molecule has 0 saturated heterocycles. The molecule has 6 aromatic rings. The van der Waals surface area contributed by atoms with Crippen LogP contribution in [0.15, 0.2) is 109 Å². The second-order valence-electron chi connectivity index (χ2n) is 12.8. The molecule has 0 aromatic heterocycles. The standard InChI is InChI=1S/C42H40F2N/c1-3-5-21-45(22-6-4-2)27-39-37(29-15-11-17-33(43)23-29)25-31-13-7-9-19-35(31)41(39)42-36-20-10-8-14-32(36)26-38(40(42)28-45)30-16-12-18-34(44)24-30/h7-20,23-26H,3-6,21-22,27-28H2,1-2H3/q+1. The third-order valence-corrected chi connectivity index (χ3v) is 9.79. The summed E-state index contributed by atoms with van der Waals surface area (Å²) in [6.07, 6.45) is 4.49. The van der Waals surface area contributed by atoms with Gasteiger partial charge in [-0.3, -0.25) is 0 Å². The number of hydrogen-bond acceptors (Lipinski definition) is 0. The van der Waals surface area contributed by atoms with E-state index in [1.807, 2.05) is 24.3 Å². The van der Waals surface area contributed by atoms with Crippen molar-refractivity contribution in [1.82, 2.24) is 0 Å². The fourth-order valence-corrected chi connectivity index (χ4v) is 7.65. The van der Waals surface area contributed by atoms with Gasteiger partial charge < -0.3 is 4.48 Å². The van der Waals surface area contributed by atoms with Crippen LogP contribution in [0.5, 0.6) is 0 Å². The van der Waals surface area contributed by atoms with Crippen LogP contribution >= 0.6 is 0 Å². The van der Waals surface area contributed by atoms with Crippen LogP contribution in [-0.2, 0) is 13.1 Å². The van der Waals surface area contributed by atoms with Crippen molar-refractivity contribution >= 4 is 21.5 Å². The van der Waals surface area contributed by atoms with Crippen LogP contribution in [0, 0.1) is 11.6 Å². The first-order valence-corrected chi connectivity index (χ1v) is 16.5. The maximum atomic E-state index is 14.9. The Bertz CT molecular complexity index is 1880. The lowest BCUT2D eigenvalue weighted by atomic mass is 9.82. The number of benzene rings is 6. The lowest BCUT2D eigenvalue weighted by Crippen LogP contribution is -2.47. The van der Waals surface area contributed by atoms with Crippen LogP contribution in [0.1, 0.15) is 50.7 Å². The van der Waals surface area contributed by atoms with E-state index in [0.717, 1.165) is 89.4 Å². The smallest absolute Gasteiger partial charge is 0.123 e. The minimum Gasteiger partial charge on any atom is -0.316 e. The van der Waals surface area contributed by atoms with Gasteiger partial charge in [0.15, 0.2) is 0 Å². The normalized spacial score (nSPS) is 13.9. The van der Waals surface area contributed by atoms with Crippen molar-refractivity contribution in [2.75, 3.05) is 13.1 Å². The minimum absolute atomic E-state index is 0.222. The second kappa shape index (κ2) is 12.2. The molecule has 1 aliphatic rings. The largest absolute Gasteiger partial charge is 0.316 e. The van der Waals surface area contributed by atoms with Gasteiger partial charge in [0, 0.05) is 22.3 Å². The van der Waals surface area contributed by atoms with Crippen molar-refractivity contribution in [3.8, 4) is 33.4 Å². The number of quaternary nitrogens is 1. The summed E-state index contributed by atoms with van der Waals surface area (Å²) in [5.41, 5.74) is 9.08. The van der Waals surface area contributed by atoms with Crippen molar-refractivity contribution in [3.05, 3.63) is 132 Å². The number of rotatable bonds is 8. The Morgan fingerprint density at radius 2 is 0.978 bits per heavy atom. The summed E-state index contributed by atoms with van der Waals surface area (Å²) in [5.74, 6) is -0.444. The summed E-state index contributed by atoms with van der Waals surface area (Å²) in [6, 6.07) is 36.0. The van der Waals surface area contributed by atoms with Gasteiger partial charge in [0.1, 0.15) is 24.7 Å². The number of unbranched alkanes of at least 4 members (excludes halogenated alkanes) is 2. The fraction of sp³-hybridized carbons (Fsp3) is 0.238. The Balaban J connectivity index is 1.68. The molecule has 0 aliphatic carbocycles. The second-order valence-corrected chi connectivity index (χ2v) is 12.8. The molecule has 0 fully saturated rings. The van der Waals surface area contributed by atoms with Crippen molar-refractivity contribution in [2.24, 2.45) is 0 Å². The van der Waals surface area contributed by atoms with Gasteiger partial charge in [-0.2, -0.15) is 0 Å². The van der Waals surface area contributed by atoms with E-state index in [2.05, 4.69) is 74.5 Å². The third-order valence-electron chi connectivity index (χ3n) is 9.79. The first kappa shape index (κ1) is 29.4. The fourth-order valence-electron chi connectivity index (χ4n) is 7.65. The number of halogens is 2. The highest BCUT2D eigenvalue weighted by molar-refractivity contribution is 6.11. The van der Waals surface area contributed by atoms with Crippen molar-refractivity contribution in [1.29, 1.82) is 0 Å². The van der Waals surface area contributed by atoms with Gasteiger partial charge in [-0.1, -0.05) is 99.5 Å². The Labute approximate surface area is 265 Å². The maximum Gasteiger partial charge on any atom is 0.123 e. The van der Waals surface area contributed by atoms with Gasteiger partial charge in [0.25, 0.3) is 0 Å². The molecule has 0 radical (unpaired) electrons. The quantitative estimate of drug-likeness (QED) is 0.153. The van der Waals surface area contributed by atoms with E-state index in [1.165, 1.54) is 45.2 Å². The summed E-state index contributed by atoms with van der Waals surface area (Å²) in [4.78, 5) is 0. The van der Waals surface area contributed by atoms with Gasteiger partial charge in [-0.25, -0.2) is 8.78 Å². The predicted octanol–water partition coefficient (Wildman–Crippen LogP) is 11.7. The lowest BCUT2D eigenvalue weighted by molar-refractivity contribution is -0.953. The molecule has 1 aliphatic heterocycles. The Morgan fingerprint density at radius 1 is 0.533 bits per heavy atom. The minimum atomic E-state index is -0.222. The first-order valence-electron chi connectivity index (χ1n) is 16.5. The van der Waals surface area contributed by atoms with Gasteiger partial charge in [-0.05, 0) is 93.0 Å². The predicted molar refractivity (Wildman–Crippen MR) is 185 cm³/mol. The van der Waals surface area contributed by atoms with E-state index in [1.54, 1.807) is 12.1 Å². The highest BCUT2D eigenvalue weighted by Gasteiger charge is 2.37. The molecule has 1 heterocycles. The molecule has 3 heteroatoms. The first-order chi connectivity index (χ1) is 22.0. The van der Waals surface area contributed by atoms with Crippen LogP contribution in [0.3, 0.4) is 0 Å². The highest BCUT2D eigenvalue weighted by atomic mass is 19.1. The number of fused-ring (bicyclic) bond motifs is 7. The molecular weight excluding hydrogens is 556 g/mol. The summed E-state index contributed by atoms with van der Waals surface area (Å²) in [7, 11) is 0. The third kappa shape index (κ3) is 5.44. The van der Waals surface area contributed by atoms with Gasteiger partial charge in [-0.15, -0.1) is 0 Å². The topological polar surface area (TPSA) is 0 Å². The molecule has 0 atom stereocenters. The van der Waals surface area contributed by atoms with E-state index in [-0.39, 0.29) is 11.6 Å². The zero-order valence-corrected chi connectivity index (χ0v) is 26.3. The molecule has 0 bridgehead atoms. The SMILES string of the molecule is CCCC[N+]1(CCCC)Cc2c(-c3cccc(F)c3)cc3ccccc3c2-c2c(c(-c3cccc(F)c3)cc3ccccc23)C1. The Hall–Kier alpha value is -4.34. The zero-order valence-electron chi connectivity index (χ0n) is 26.3. The average Bonchev–Trinajstić information content (AvgIpc) is 3.21. The van der Waals surface area contributed by atoms with Crippen molar-refractivity contribution in [2.45, 2.75) is 52.6 Å². The zero-order chi connectivity index (χ0) is 31.0. The van der Waals surface area contributed by atoms with Crippen molar-refractivity contribution in [3.63, 3.8) is 0 Å². The van der Waals surface area contributed by atoms with Crippen LogP contribution in [0.25, 0.3) is 54.9 Å². The van der Waals surface area contributed by atoms with Crippen LogP contribution in [0.2, 0.25) is 0 Å². The van der Waals surface area contributed by atoms with E-state index in [9.17, 15) is 8.78 Å². The molecule has 0 N–H and O–H groups in total. The molecule has 0 amide bonds. The van der Waals surface area contributed by atoms with Crippen molar-refractivity contribution < 1.29 is 13.3 Å². The monoisotopic (exact) mass is 596 g/mol. The molecule has 1 nitrogen and oxygen atoms in total. The van der Waals surface area contributed by atoms with Crippen LogP contribution in [0.4, 0.5) is 8.78 Å². The molecule has 6 aromatic carbocycles. The molecular formula is C42H40F2N+. The highest BCUT2D eigenvalue weighted by Crippen LogP contribution is 2.50. The van der Waals surface area contributed by atoms with E-state index in [4.69, 9.17) is 0 Å². The van der Waals surface area contributed by atoms with E-state index < -0.39 is 0 Å². The van der Waals surface area contributed by atoms with Crippen LogP contribution < -0.4 is 0 Å². The molecule has 0 saturated carbocycles.